The number of carbonyl (C=O) groups excluding carboxylic acids is 1. The quantitative estimate of drug-likeness (QED) is 0.378. The van der Waals surface area contributed by atoms with Crippen LogP contribution in [0.1, 0.15) is 16.1 Å². The van der Waals surface area contributed by atoms with Gasteiger partial charge in [0.05, 0.1) is 10.5 Å². The molecular weight excluding hydrogens is 250 g/mol. The van der Waals surface area contributed by atoms with Crippen LogP contribution in [-0.2, 0) is 0 Å². The van der Waals surface area contributed by atoms with Gasteiger partial charge in [0.1, 0.15) is 5.76 Å². The van der Waals surface area contributed by atoms with E-state index in [9.17, 15) is 14.9 Å². The monoisotopic (exact) mass is 261 g/mol. The highest BCUT2D eigenvalue weighted by atomic mass is 16.6. The summed E-state index contributed by atoms with van der Waals surface area (Å²) in [6.07, 6.45) is 0. The van der Waals surface area contributed by atoms with Gasteiger partial charge in [0, 0.05) is 6.07 Å². The Labute approximate surface area is 108 Å². The molecule has 0 fully saturated rings. The second-order valence-electron chi connectivity index (χ2n) is 3.92. The number of nitrogens with zero attached hydrogens (tertiary/aromatic N) is 1. The van der Waals surface area contributed by atoms with Gasteiger partial charge < -0.3 is 4.42 Å². The number of hydrazine groups is 1. The molecule has 0 bridgehead atoms. The number of benzene rings is 1. The van der Waals surface area contributed by atoms with E-state index in [4.69, 9.17) is 10.3 Å². The van der Waals surface area contributed by atoms with Crippen molar-refractivity contribution in [3.63, 3.8) is 0 Å². The predicted molar refractivity (Wildman–Crippen MR) is 67.2 cm³/mol. The molecule has 0 saturated carbocycles. The van der Waals surface area contributed by atoms with Crippen LogP contribution in [0.4, 0.5) is 5.69 Å². The minimum absolute atomic E-state index is 0.00706. The number of aryl methyl sites for hydroxylation is 1. The van der Waals surface area contributed by atoms with Crippen LogP contribution in [0.2, 0.25) is 0 Å². The number of nitrogens with two attached hydrogens (primary N) is 1. The number of carbonyl (C=O) groups is 1. The number of hydrogen-bond donors (Lipinski definition) is 2. The Balaban J connectivity index is 2.50. The smallest absolute Gasteiger partial charge is 0.300 e. The molecule has 7 nitrogen and oxygen atoms in total. The Morgan fingerprint density at radius 3 is 2.74 bits per heavy atom. The Morgan fingerprint density at radius 2 is 2.11 bits per heavy atom. The Bertz CT molecular complexity index is 648. The summed E-state index contributed by atoms with van der Waals surface area (Å²) in [5, 5.41) is 11.0. The van der Waals surface area contributed by atoms with E-state index in [0.717, 1.165) is 5.56 Å². The zero-order chi connectivity index (χ0) is 14.0. The second-order valence-corrected chi connectivity index (χ2v) is 3.92. The highest BCUT2D eigenvalue weighted by molar-refractivity contribution is 5.91. The van der Waals surface area contributed by atoms with E-state index in [1.54, 1.807) is 19.1 Å². The summed E-state index contributed by atoms with van der Waals surface area (Å²) in [5.74, 6) is 4.62. The molecular formula is C12H11N3O4. The Morgan fingerprint density at radius 1 is 1.37 bits per heavy atom. The maximum Gasteiger partial charge on any atom is 0.300 e. The van der Waals surface area contributed by atoms with Crippen molar-refractivity contribution < 1.29 is 14.1 Å². The molecule has 7 heteroatoms. The average molecular weight is 261 g/mol. The molecule has 1 heterocycles. The highest BCUT2D eigenvalue weighted by Crippen LogP contribution is 2.31. The fourth-order valence-corrected chi connectivity index (χ4v) is 1.68. The minimum Gasteiger partial charge on any atom is -0.451 e. The van der Waals surface area contributed by atoms with Crippen molar-refractivity contribution in [1.29, 1.82) is 0 Å². The molecule has 3 N–H and O–H groups in total. The van der Waals surface area contributed by atoms with E-state index in [-0.39, 0.29) is 17.2 Å². The van der Waals surface area contributed by atoms with Crippen LogP contribution in [0.25, 0.3) is 11.3 Å². The van der Waals surface area contributed by atoms with Crippen molar-refractivity contribution in [2.75, 3.05) is 0 Å². The molecule has 0 unspecified atom stereocenters. The maximum atomic E-state index is 11.3. The summed E-state index contributed by atoms with van der Waals surface area (Å²) in [5.41, 5.74) is 2.93. The lowest BCUT2D eigenvalue weighted by Gasteiger charge is -2.01. The van der Waals surface area contributed by atoms with Crippen LogP contribution in [0.3, 0.4) is 0 Å². The molecule has 0 aliphatic carbocycles. The number of nitro benzene ring substituents is 1. The summed E-state index contributed by atoms with van der Waals surface area (Å²) in [6, 6.07) is 7.65. The van der Waals surface area contributed by atoms with Gasteiger partial charge >= 0.3 is 5.91 Å². The molecule has 0 atom stereocenters. The van der Waals surface area contributed by atoms with E-state index >= 15 is 0 Å². The lowest BCUT2D eigenvalue weighted by Crippen LogP contribution is -2.29. The third-order valence-electron chi connectivity index (χ3n) is 2.58. The van der Waals surface area contributed by atoms with Crippen LogP contribution < -0.4 is 11.3 Å². The number of rotatable bonds is 3. The summed E-state index contributed by atoms with van der Waals surface area (Å²) >= 11 is 0. The predicted octanol–water partition coefficient (Wildman–Crippen LogP) is 1.77. The summed E-state index contributed by atoms with van der Waals surface area (Å²) < 4.78 is 5.26. The molecule has 1 aromatic heterocycles. The molecule has 0 spiro atoms. The Hall–Kier alpha value is -2.67. The SMILES string of the molecule is Cc1ccc(-c2ccc(C(=O)NN)o2)c([N+](=O)[O-])c1. The van der Waals surface area contributed by atoms with Crippen molar-refractivity contribution >= 4 is 11.6 Å². The van der Waals surface area contributed by atoms with E-state index in [2.05, 4.69) is 0 Å². The lowest BCUT2D eigenvalue weighted by atomic mass is 10.1. The molecule has 0 aliphatic heterocycles. The van der Waals surface area contributed by atoms with E-state index in [1.807, 2.05) is 5.43 Å². The van der Waals surface area contributed by atoms with Crippen molar-refractivity contribution in [3.05, 3.63) is 51.8 Å². The van der Waals surface area contributed by atoms with Gasteiger partial charge in [-0.1, -0.05) is 6.07 Å². The highest BCUT2D eigenvalue weighted by Gasteiger charge is 2.19. The third kappa shape index (κ3) is 2.45. The fraction of sp³-hybridized carbons (Fsp3) is 0.0833. The first-order valence-corrected chi connectivity index (χ1v) is 5.39. The molecule has 1 aromatic carbocycles. The number of nitro groups is 1. The van der Waals surface area contributed by atoms with Gasteiger partial charge in [0.15, 0.2) is 5.76 Å². The van der Waals surface area contributed by atoms with Crippen LogP contribution >= 0.6 is 0 Å². The number of amides is 1. The first kappa shape index (κ1) is 12.8. The van der Waals surface area contributed by atoms with Crippen LogP contribution in [0.15, 0.2) is 34.7 Å². The van der Waals surface area contributed by atoms with Gasteiger partial charge in [-0.05, 0) is 30.7 Å². The fourth-order valence-electron chi connectivity index (χ4n) is 1.68. The van der Waals surface area contributed by atoms with Crippen molar-refractivity contribution in [1.82, 2.24) is 5.43 Å². The lowest BCUT2D eigenvalue weighted by molar-refractivity contribution is -0.384. The van der Waals surface area contributed by atoms with Gasteiger partial charge in [-0.3, -0.25) is 20.3 Å². The van der Waals surface area contributed by atoms with Gasteiger partial charge in [0.25, 0.3) is 5.69 Å². The van der Waals surface area contributed by atoms with Crippen molar-refractivity contribution in [2.45, 2.75) is 6.92 Å². The van der Waals surface area contributed by atoms with Crippen LogP contribution in [0, 0.1) is 17.0 Å². The second kappa shape index (κ2) is 4.91. The van der Waals surface area contributed by atoms with Gasteiger partial charge in [0.2, 0.25) is 0 Å². The molecule has 2 rings (SSSR count). The van der Waals surface area contributed by atoms with Gasteiger partial charge in [-0.2, -0.15) is 0 Å². The summed E-state index contributed by atoms with van der Waals surface area (Å²) in [4.78, 5) is 21.8. The topological polar surface area (TPSA) is 111 Å². The third-order valence-corrected chi connectivity index (χ3v) is 2.58. The largest absolute Gasteiger partial charge is 0.451 e. The number of nitrogen functional groups attached to an aromatic ring is 1. The van der Waals surface area contributed by atoms with Gasteiger partial charge in [-0.15, -0.1) is 0 Å². The Kier molecular flexibility index (Phi) is 3.30. The molecule has 1 amide bonds. The average Bonchev–Trinajstić information content (AvgIpc) is 2.87. The molecule has 0 aliphatic rings. The van der Waals surface area contributed by atoms with Crippen molar-refractivity contribution in [2.24, 2.45) is 5.84 Å². The number of hydrogen-bond acceptors (Lipinski definition) is 5. The van der Waals surface area contributed by atoms with E-state index < -0.39 is 10.8 Å². The van der Waals surface area contributed by atoms with Crippen LogP contribution in [-0.4, -0.2) is 10.8 Å². The first-order valence-electron chi connectivity index (χ1n) is 5.39. The van der Waals surface area contributed by atoms with Crippen LogP contribution in [0.5, 0.6) is 0 Å². The summed E-state index contributed by atoms with van der Waals surface area (Å²) in [7, 11) is 0. The normalized spacial score (nSPS) is 10.2. The molecule has 0 saturated heterocycles. The maximum absolute atomic E-state index is 11.3. The first-order chi connectivity index (χ1) is 9.02. The minimum atomic E-state index is -0.596. The zero-order valence-corrected chi connectivity index (χ0v) is 10.0. The molecule has 0 radical (unpaired) electrons. The van der Waals surface area contributed by atoms with E-state index in [0.29, 0.717) is 5.56 Å². The zero-order valence-electron chi connectivity index (χ0n) is 10.0. The van der Waals surface area contributed by atoms with Gasteiger partial charge in [-0.25, -0.2) is 5.84 Å². The summed E-state index contributed by atoms with van der Waals surface area (Å²) in [6.45, 7) is 1.76. The molecule has 19 heavy (non-hydrogen) atoms. The molecule has 98 valence electrons. The number of nitrogens with one attached hydrogen (secondary N) is 1. The standard InChI is InChI=1S/C12H11N3O4/c1-7-2-3-8(9(6-7)15(17)18)10-4-5-11(19-10)12(16)14-13/h2-6H,13H2,1H3,(H,14,16). The molecule has 2 aromatic rings. The number of furan rings is 1. The van der Waals surface area contributed by atoms with Crippen molar-refractivity contribution in [3.8, 4) is 11.3 Å². The van der Waals surface area contributed by atoms with E-state index in [1.165, 1.54) is 18.2 Å².